The van der Waals surface area contributed by atoms with Crippen molar-refractivity contribution in [1.82, 2.24) is 14.9 Å². The molecule has 21 heavy (non-hydrogen) atoms. The molecular formula is C16H24N4O. The number of amides is 1. The molecule has 0 fully saturated rings. The van der Waals surface area contributed by atoms with Crippen LogP contribution in [0, 0.1) is 5.92 Å². The molecule has 1 aromatic heterocycles. The molecule has 0 saturated heterocycles. The lowest BCUT2D eigenvalue weighted by Gasteiger charge is -2.18. The molecule has 114 valence electrons. The lowest BCUT2D eigenvalue weighted by molar-refractivity contribution is -0.124. The third-order valence-electron chi connectivity index (χ3n) is 3.49. The molecule has 1 unspecified atom stereocenters. The Hall–Kier alpha value is -1.88. The number of hydrogen-bond acceptors (Lipinski definition) is 3. The van der Waals surface area contributed by atoms with Crippen molar-refractivity contribution < 1.29 is 4.79 Å². The molecule has 0 spiro atoms. The van der Waals surface area contributed by atoms with Gasteiger partial charge < -0.3 is 15.6 Å². The molecule has 1 atom stereocenters. The van der Waals surface area contributed by atoms with Gasteiger partial charge in [0, 0.05) is 13.0 Å². The molecule has 0 bridgehead atoms. The highest BCUT2D eigenvalue weighted by atomic mass is 16.2. The summed E-state index contributed by atoms with van der Waals surface area (Å²) in [6, 6.07) is 7.58. The van der Waals surface area contributed by atoms with Crippen molar-refractivity contribution in [2.75, 3.05) is 13.1 Å². The minimum Gasteiger partial charge on any atom is -0.354 e. The fourth-order valence-electron chi connectivity index (χ4n) is 2.40. The number of rotatable bonds is 6. The van der Waals surface area contributed by atoms with Gasteiger partial charge in [0.05, 0.1) is 11.0 Å². The van der Waals surface area contributed by atoms with Crippen molar-refractivity contribution in [2.24, 2.45) is 11.7 Å². The molecule has 3 N–H and O–H groups in total. The van der Waals surface area contributed by atoms with Crippen LogP contribution in [0.4, 0.5) is 0 Å². The Bertz CT molecular complexity index is 618. The summed E-state index contributed by atoms with van der Waals surface area (Å²) in [5, 5.41) is 2.99. The van der Waals surface area contributed by atoms with E-state index in [0.717, 1.165) is 16.9 Å². The summed E-state index contributed by atoms with van der Waals surface area (Å²) in [5.74, 6) is 1.32. The second-order valence-corrected chi connectivity index (χ2v) is 5.74. The highest BCUT2D eigenvalue weighted by Crippen LogP contribution is 2.21. The summed E-state index contributed by atoms with van der Waals surface area (Å²) in [6.45, 7) is 7.27. The van der Waals surface area contributed by atoms with E-state index in [0.29, 0.717) is 25.4 Å². The molecule has 0 aliphatic heterocycles. The Morgan fingerprint density at radius 1 is 1.33 bits per heavy atom. The normalized spacial score (nSPS) is 12.8. The van der Waals surface area contributed by atoms with Gasteiger partial charge in [0.2, 0.25) is 5.91 Å². The molecule has 1 amide bonds. The maximum atomic E-state index is 12.4. The zero-order valence-electron chi connectivity index (χ0n) is 13.0. The number of aromatic nitrogens is 2. The molecule has 2 rings (SSSR count). The van der Waals surface area contributed by atoms with Crippen LogP contribution in [0.2, 0.25) is 0 Å². The SMILES string of the molecule is CC(C)CNC(=O)C(C)n1c(CCN)nc2ccccc21. The molecule has 5 heteroatoms. The predicted molar refractivity (Wildman–Crippen MR) is 85.1 cm³/mol. The van der Waals surface area contributed by atoms with Crippen LogP contribution in [0.25, 0.3) is 11.0 Å². The maximum absolute atomic E-state index is 12.4. The Balaban J connectivity index is 2.34. The fraction of sp³-hybridized carbons (Fsp3) is 0.500. The summed E-state index contributed by atoms with van der Waals surface area (Å²) < 4.78 is 2.00. The van der Waals surface area contributed by atoms with Gasteiger partial charge in [0.15, 0.2) is 0 Å². The highest BCUT2D eigenvalue weighted by Gasteiger charge is 2.20. The van der Waals surface area contributed by atoms with Gasteiger partial charge in [-0.05, 0) is 31.5 Å². The number of carbonyl (C=O) groups is 1. The zero-order valence-corrected chi connectivity index (χ0v) is 13.0. The van der Waals surface area contributed by atoms with E-state index in [2.05, 4.69) is 24.1 Å². The molecule has 0 aliphatic rings. The van der Waals surface area contributed by atoms with Crippen molar-refractivity contribution in [3.63, 3.8) is 0 Å². The second kappa shape index (κ2) is 6.72. The van der Waals surface area contributed by atoms with Crippen LogP contribution in [0.3, 0.4) is 0 Å². The molecule has 0 aliphatic carbocycles. The van der Waals surface area contributed by atoms with Crippen LogP contribution in [0.15, 0.2) is 24.3 Å². The van der Waals surface area contributed by atoms with E-state index in [4.69, 9.17) is 5.73 Å². The number of nitrogens with one attached hydrogen (secondary N) is 1. The van der Waals surface area contributed by atoms with E-state index in [1.165, 1.54) is 0 Å². The van der Waals surface area contributed by atoms with Gasteiger partial charge in [-0.2, -0.15) is 0 Å². The van der Waals surface area contributed by atoms with E-state index < -0.39 is 0 Å². The highest BCUT2D eigenvalue weighted by molar-refractivity contribution is 5.84. The van der Waals surface area contributed by atoms with Gasteiger partial charge >= 0.3 is 0 Å². The number of fused-ring (bicyclic) bond motifs is 1. The Morgan fingerprint density at radius 2 is 2.05 bits per heavy atom. The monoisotopic (exact) mass is 288 g/mol. The largest absolute Gasteiger partial charge is 0.354 e. The maximum Gasteiger partial charge on any atom is 0.242 e. The number of carbonyl (C=O) groups excluding carboxylic acids is 1. The van der Waals surface area contributed by atoms with E-state index >= 15 is 0 Å². The van der Waals surface area contributed by atoms with E-state index in [-0.39, 0.29) is 11.9 Å². The summed E-state index contributed by atoms with van der Waals surface area (Å²) in [5.41, 5.74) is 7.56. The summed E-state index contributed by atoms with van der Waals surface area (Å²) in [4.78, 5) is 17.0. The minimum absolute atomic E-state index is 0.0186. The second-order valence-electron chi connectivity index (χ2n) is 5.74. The van der Waals surface area contributed by atoms with Crippen molar-refractivity contribution in [3.05, 3.63) is 30.1 Å². The summed E-state index contributed by atoms with van der Waals surface area (Å²) >= 11 is 0. The first-order valence-corrected chi connectivity index (χ1v) is 7.48. The van der Waals surface area contributed by atoms with Gasteiger partial charge in [0.25, 0.3) is 0 Å². The number of benzene rings is 1. The number of hydrogen-bond donors (Lipinski definition) is 2. The average Bonchev–Trinajstić information content (AvgIpc) is 2.82. The number of nitrogens with two attached hydrogens (primary N) is 1. The average molecular weight is 288 g/mol. The zero-order chi connectivity index (χ0) is 15.4. The number of para-hydroxylation sites is 2. The first-order valence-electron chi connectivity index (χ1n) is 7.48. The Morgan fingerprint density at radius 3 is 2.71 bits per heavy atom. The first kappa shape index (κ1) is 15.5. The van der Waals surface area contributed by atoms with Crippen LogP contribution >= 0.6 is 0 Å². The molecular weight excluding hydrogens is 264 g/mol. The Labute approximate surface area is 125 Å². The summed E-state index contributed by atoms with van der Waals surface area (Å²) in [7, 11) is 0. The van der Waals surface area contributed by atoms with Crippen LogP contribution in [0.1, 0.15) is 32.6 Å². The molecule has 2 aromatic rings. The number of nitrogens with zero attached hydrogens (tertiary/aromatic N) is 2. The van der Waals surface area contributed by atoms with Gasteiger partial charge in [-0.15, -0.1) is 0 Å². The van der Waals surface area contributed by atoms with Crippen LogP contribution in [0.5, 0.6) is 0 Å². The lowest BCUT2D eigenvalue weighted by Crippen LogP contribution is -2.34. The lowest BCUT2D eigenvalue weighted by atomic mass is 10.2. The molecule has 1 heterocycles. The third-order valence-corrected chi connectivity index (χ3v) is 3.49. The predicted octanol–water partition coefficient (Wildman–Crippen LogP) is 1.87. The smallest absolute Gasteiger partial charge is 0.242 e. The molecule has 1 aromatic carbocycles. The van der Waals surface area contributed by atoms with E-state index in [1.807, 2.05) is 35.8 Å². The van der Waals surface area contributed by atoms with Crippen LogP contribution < -0.4 is 11.1 Å². The molecule has 0 radical (unpaired) electrons. The van der Waals surface area contributed by atoms with Crippen molar-refractivity contribution in [1.29, 1.82) is 0 Å². The quantitative estimate of drug-likeness (QED) is 0.852. The van der Waals surface area contributed by atoms with Gasteiger partial charge in [0.1, 0.15) is 11.9 Å². The Kier molecular flexibility index (Phi) is 4.96. The minimum atomic E-state index is -0.294. The van der Waals surface area contributed by atoms with Crippen molar-refractivity contribution in [3.8, 4) is 0 Å². The molecule has 5 nitrogen and oxygen atoms in total. The van der Waals surface area contributed by atoms with E-state index in [1.54, 1.807) is 0 Å². The molecule has 0 saturated carbocycles. The van der Waals surface area contributed by atoms with Gasteiger partial charge in [-0.3, -0.25) is 4.79 Å². The first-order chi connectivity index (χ1) is 10.0. The number of imidazole rings is 1. The van der Waals surface area contributed by atoms with E-state index in [9.17, 15) is 4.79 Å². The fourth-order valence-corrected chi connectivity index (χ4v) is 2.40. The van der Waals surface area contributed by atoms with Crippen LogP contribution in [-0.2, 0) is 11.2 Å². The standard InChI is InChI=1S/C16H24N4O/c1-11(2)10-18-16(21)12(3)20-14-7-5-4-6-13(14)19-15(20)8-9-17/h4-7,11-12H,8-10,17H2,1-3H3,(H,18,21). The van der Waals surface area contributed by atoms with Gasteiger partial charge in [-0.1, -0.05) is 26.0 Å². The van der Waals surface area contributed by atoms with Crippen molar-refractivity contribution >= 4 is 16.9 Å². The van der Waals surface area contributed by atoms with Crippen LogP contribution in [-0.4, -0.2) is 28.5 Å². The topological polar surface area (TPSA) is 72.9 Å². The van der Waals surface area contributed by atoms with Crippen molar-refractivity contribution in [2.45, 2.75) is 33.2 Å². The van der Waals surface area contributed by atoms with Gasteiger partial charge in [-0.25, -0.2) is 4.98 Å². The third kappa shape index (κ3) is 3.42. The summed E-state index contributed by atoms with van der Waals surface area (Å²) in [6.07, 6.45) is 0.663.